The summed E-state index contributed by atoms with van der Waals surface area (Å²) in [5, 5.41) is 3.30. The number of nitrogens with one attached hydrogen (secondary N) is 1. The minimum atomic E-state index is -0.0438. The van der Waals surface area contributed by atoms with Crippen LogP contribution in [0.4, 0.5) is 0 Å². The van der Waals surface area contributed by atoms with E-state index < -0.39 is 0 Å². The van der Waals surface area contributed by atoms with Crippen molar-refractivity contribution in [3.05, 3.63) is 23.8 Å². The summed E-state index contributed by atoms with van der Waals surface area (Å²) in [5.41, 5.74) is 0.581. The molecule has 3 aliphatic rings. The Morgan fingerprint density at radius 1 is 1.07 bits per heavy atom. The smallest absolute Gasteiger partial charge is 0.254 e. The van der Waals surface area contributed by atoms with E-state index in [9.17, 15) is 9.59 Å². The van der Waals surface area contributed by atoms with Crippen LogP contribution in [0.15, 0.2) is 18.2 Å². The lowest BCUT2D eigenvalue weighted by Crippen LogP contribution is -2.52. The Morgan fingerprint density at radius 3 is 2.56 bits per heavy atom. The quantitative estimate of drug-likeness (QED) is 0.800. The number of halogens is 1. The molecule has 4 rings (SSSR count). The molecule has 1 unspecified atom stereocenters. The monoisotopic (exact) mass is 397 g/mol. The molecule has 0 radical (unpaired) electrons. The summed E-state index contributed by atoms with van der Waals surface area (Å²) in [7, 11) is 0. The highest BCUT2D eigenvalue weighted by molar-refractivity contribution is 5.95. The Labute approximate surface area is 164 Å². The number of ether oxygens (including phenoxy) is 3. The third-order valence-electron chi connectivity index (χ3n) is 4.96. The van der Waals surface area contributed by atoms with E-state index in [1.165, 1.54) is 0 Å². The maximum absolute atomic E-state index is 12.7. The Hall–Kier alpha value is -2.03. The number of hydrogen-bond donors (Lipinski definition) is 1. The largest absolute Gasteiger partial charge is 0.454 e. The summed E-state index contributed by atoms with van der Waals surface area (Å²) < 4.78 is 16.0. The number of nitrogens with zero attached hydrogens (tertiary/aromatic N) is 2. The SMILES string of the molecule is Cl.O=C(CC1COCCN1)N1CCN(C(=O)c2ccc3c(c2)OCO3)CC1. The number of carbonyl (C=O) groups is 2. The molecule has 1 atom stereocenters. The zero-order valence-electron chi connectivity index (χ0n) is 15.0. The van der Waals surface area contributed by atoms with Gasteiger partial charge in [-0.2, -0.15) is 0 Å². The molecular formula is C18H24ClN3O5. The normalized spacial score (nSPS) is 21.6. The van der Waals surface area contributed by atoms with Crippen LogP contribution in [0.3, 0.4) is 0 Å². The molecule has 0 bridgehead atoms. The molecule has 0 spiro atoms. The fourth-order valence-electron chi connectivity index (χ4n) is 3.46. The third-order valence-corrected chi connectivity index (χ3v) is 4.96. The van der Waals surface area contributed by atoms with E-state index in [1.54, 1.807) is 23.1 Å². The van der Waals surface area contributed by atoms with Gasteiger partial charge in [-0.3, -0.25) is 9.59 Å². The highest BCUT2D eigenvalue weighted by Gasteiger charge is 2.27. The van der Waals surface area contributed by atoms with Gasteiger partial charge in [0.15, 0.2) is 11.5 Å². The number of hydrogen-bond acceptors (Lipinski definition) is 6. The molecule has 1 aromatic carbocycles. The molecule has 0 aromatic heterocycles. The molecule has 3 aliphatic heterocycles. The molecule has 0 saturated carbocycles. The van der Waals surface area contributed by atoms with Crippen LogP contribution >= 0.6 is 12.4 Å². The van der Waals surface area contributed by atoms with Crippen LogP contribution in [0.25, 0.3) is 0 Å². The summed E-state index contributed by atoms with van der Waals surface area (Å²) in [6, 6.07) is 5.32. The van der Waals surface area contributed by atoms with Crippen LogP contribution in [-0.2, 0) is 9.53 Å². The number of piperazine rings is 1. The van der Waals surface area contributed by atoms with E-state index in [1.807, 2.05) is 4.90 Å². The van der Waals surface area contributed by atoms with Gasteiger partial charge in [0.25, 0.3) is 5.91 Å². The van der Waals surface area contributed by atoms with E-state index in [4.69, 9.17) is 14.2 Å². The molecule has 9 heteroatoms. The van der Waals surface area contributed by atoms with E-state index >= 15 is 0 Å². The minimum Gasteiger partial charge on any atom is -0.454 e. The van der Waals surface area contributed by atoms with Crippen LogP contribution in [0.5, 0.6) is 11.5 Å². The van der Waals surface area contributed by atoms with Crippen molar-refractivity contribution in [2.24, 2.45) is 0 Å². The Kier molecular flexibility index (Phi) is 6.41. The van der Waals surface area contributed by atoms with Crippen molar-refractivity contribution in [2.45, 2.75) is 12.5 Å². The summed E-state index contributed by atoms with van der Waals surface area (Å²) in [4.78, 5) is 28.7. The molecule has 3 heterocycles. The average Bonchev–Trinajstić information content (AvgIpc) is 3.16. The second kappa shape index (κ2) is 8.77. The summed E-state index contributed by atoms with van der Waals surface area (Å²) >= 11 is 0. The summed E-state index contributed by atoms with van der Waals surface area (Å²) in [6.07, 6.45) is 0.441. The lowest BCUT2D eigenvalue weighted by Gasteiger charge is -2.36. The molecule has 2 fully saturated rings. The van der Waals surface area contributed by atoms with Crippen LogP contribution < -0.4 is 14.8 Å². The van der Waals surface area contributed by atoms with Crippen LogP contribution in [0.2, 0.25) is 0 Å². The van der Waals surface area contributed by atoms with E-state index in [0.717, 1.165) is 6.54 Å². The Morgan fingerprint density at radius 2 is 1.81 bits per heavy atom. The Bertz CT molecular complexity index is 688. The van der Waals surface area contributed by atoms with E-state index in [0.29, 0.717) is 62.9 Å². The first-order valence-electron chi connectivity index (χ1n) is 8.98. The van der Waals surface area contributed by atoms with Gasteiger partial charge in [0, 0.05) is 50.7 Å². The van der Waals surface area contributed by atoms with Gasteiger partial charge in [-0.15, -0.1) is 12.4 Å². The fourth-order valence-corrected chi connectivity index (χ4v) is 3.46. The molecule has 148 valence electrons. The second-order valence-electron chi connectivity index (χ2n) is 6.67. The van der Waals surface area contributed by atoms with Crippen molar-refractivity contribution in [3.63, 3.8) is 0 Å². The predicted octanol–water partition coefficient (Wildman–Crippen LogP) is 0.500. The zero-order valence-corrected chi connectivity index (χ0v) is 15.8. The molecule has 1 aromatic rings. The molecule has 0 aliphatic carbocycles. The average molecular weight is 398 g/mol. The van der Waals surface area contributed by atoms with Crippen molar-refractivity contribution in [1.82, 2.24) is 15.1 Å². The first-order chi connectivity index (χ1) is 12.7. The lowest BCUT2D eigenvalue weighted by atomic mass is 10.1. The predicted molar refractivity (Wildman–Crippen MR) is 99.5 cm³/mol. The highest BCUT2D eigenvalue weighted by atomic mass is 35.5. The second-order valence-corrected chi connectivity index (χ2v) is 6.67. The lowest BCUT2D eigenvalue weighted by molar-refractivity contribution is -0.133. The minimum absolute atomic E-state index is 0. The van der Waals surface area contributed by atoms with Gasteiger partial charge in [0.05, 0.1) is 13.2 Å². The molecule has 27 heavy (non-hydrogen) atoms. The van der Waals surface area contributed by atoms with Crippen molar-refractivity contribution >= 4 is 24.2 Å². The van der Waals surface area contributed by atoms with Gasteiger partial charge in [-0.25, -0.2) is 0 Å². The van der Waals surface area contributed by atoms with Crippen LogP contribution in [-0.4, -0.2) is 80.4 Å². The van der Waals surface area contributed by atoms with Gasteiger partial charge in [0.1, 0.15) is 0 Å². The van der Waals surface area contributed by atoms with Gasteiger partial charge < -0.3 is 29.3 Å². The number of benzene rings is 1. The molecular weight excluding hydrogens is 374 g/mol. The third kappa shape index (κ3) is 4.45. The molecule has 2 saturated heterocycles. The van der Waals surface area contributed by atoms with Crippen LogP contribution in [0.1, 0.15) is 16.8 Å². The molecule has 8 nitrogen and oxygen atoms in total. The van der Waals surface area contributed by atoms with Crippen molar-refractivity contribution in [1.29, 1.82) is 0 Å². The van der Waals surface area contributed by atoms with Crippen molar-refractivity contribution in [3.8, 4) is 11.5 Å². The summed E-state index contributed by atoms with van der Waals surface area (Å²) in [6.45, 7) is 4.44. The standard InChI is InChI=1S/C18H23N3O5.ClH/c22-17(10-14-11-24-8-3-19-14)20-4-6-21(7-5-20)18(23)13-1-2-15-16(9-13)26-12-25-15;/h1-2,9,14,19H,3-8,10-12H2;1H. The molecule has 2 amide bonds. The van der Waals surface area contributed by atoms with Crippen molar-refractivity contribution in [2.75, 3.05) is 52.7 Å². The first kappa shape index (κ1) is 19.7. The summed E-state index contributed by atoms with van der Waals surface area (Å²) in [5.74, 6) is 1.34. The number of carbonyl (C=O) groups excluding carboxylic acids is 2. The highest BCUT2D eigenvalue weighted by Crippen LogP contribution is 2.32. The van der Waals surface area contributed by atoms with Gasteiger partial charge in [-0.05, 0) is 18.2 Å². The number of amides is 2. The topological polar surface area (TPSA) is 80.3 Å². The number of fused-ring (bicyclic) bond motifs is 1. The first-order valence-corrected chi connectivity index (χ1v) is 8.98. The van der Waals surface area contributed by atoms with E-state index in [-0.39, 0.29) is 37.1 Å². The van der Waals surface area contributed by atoms with Gasteiger partial charge in [-0.1, -0.05) is 0 Å². The molecule has 1 N–H and O–H groups in total. The number of morpholine rings is 1. The van der Waals surface area contributed by atoms with Crippen molar-refractivity contribution < 1.29 is 23.8 Å². The van der Waals surface area contributed by atoms with Gasteiger partial charge in [0.2, 0.25) is 12.7 Å². The number of rotatable bonds is 3. The Balaban J connectivity index is 0.00000210. The van der Waals surface area contributed by atoms with Gasteiger partial charge >= 0.3 is 0 Å². The van der Waals surface area contributed by atoms with E-state index in [2.05, 4.69) is 5.32 Å². The fraction of sp³-hybridized carbons (Fsp3) is 0.556. The zero-order chi connectivity index (χ0) is 17.9. The maximum atomic E-state index is 12.7. The van der Waals surface area contributed by atoms with Crippen LogP contribution in [0, 0.1) is 0 Å². The maximum Gasteiger partial charge on any atom is 0.254 e.